The lowest BCUT2D eigenvalue weighted by atomic mass is 9.91. The maximum Gasteiger partial charge on any atom is 0.261 e. The number of nitrogens with one attached hydrogen (secondary N) is 1. The second-order valence-electron chi connectivity index (χ2n) is 8.25. The third-order valence-electron chi connectivity index (χ3n) is 6.43. The largest absolute Gasteiger partial charge is 0.492 e. The lowest BCUT2D eigenvalue weighted by molar-refractivity contribution is -0.123. The molecule has 4 aliphatic rings. The first-order chi connectivity index (χ1) is 15.5. The Balaban J connectivity index is 1.59. The zero-order valence-electron chi connectivity index (χ0n) is 17.3. The predicted octanol–water partition coefficient (Wildman–Crippen LogP) is 2.33. The number of hydrogen-bond donors (Lipinski definition) is 1. The highest BCUT2D eigenvalue weighted by atomic mass is 16.5. The first-order valence-corrected chi connectivity index (χ1v) is 10.6. The van der Waals surface area contributed by atoms with Gasteiger partial charge in [-0.1, -0.05) is 36.4 Å². The van der Waals surface area contributed by atoms with E-state index in [9.17, 15) is 14.4 Å². The van der Waals surface area contributed by atoms with Crippen LogP contribution in [0.2, 0.25) is 0 Å². The van der Waals surface area contributed by atoms with Gasteiger partial charge in [0.2, 0.25) is 0 Å². The van der Waals surface area contributed by atoms with E-state index in [0.717, 1.165) is 28.8 Å². The third kappa shape index (κ3) is 2.54. The fourth-order valence-corrected chi connectivity index (χ4v) is 5.03. The fourth-order valence-electron chi connectivity index (χ4n) is 5.03. The number of aliphatic imine (C=N–C) groups is 1. The molecule has 1 unspecified atom stereocenters. The van der Waals surface area contributed by atoms with E-state index in [4.69, 9.17) is 4.74 Å². The smallest absolute Gasteiger partial charge is 0.261 e. The molecule has 2 aromatic carbocycles. The van der Waals surface area contributed by atoms with Crippen LogP contribution in [0.3, 0.4) is 0 Å². The second-order valence-corrected chi connectivity index (χ2v) is 8.25. The highest BCUT2D eigenvalue weighted by Gasteiger charge is 2.40. The molecule has 2 aromatic rings. The minimum absolute atomic E-state index is 0.0611. The van der Waals surface area contributed by atoms with E-state index < -0.39 is 11.8 Å². The molecular weight excluding hydrogens is 406 g/mol. The van der Waals surface area contributed by atoms with Crippen molar-refractivity contribution in [2.45, 2.75) is 25.8 Å². The first-order valence-electron chi connectivity index (χ1n) is 10.6. The number of benzene rings is 2. The van der Waals surface area contributed by atoms with Crippen molar-refractivity contribution in [3.8, 4) is 5.75 Å². The number of carbonyl (C=O) groups excluding carboxylic acids is 3. The highest BCUT2D eigenvalue weighted by Crippen LogP contribution is 2.42. The molecule has 0 aromatic heterocycles. The topological polar surface area (TPSA) is 88.1 Å². The summed E-state index contributed by atoms with van der Waals surface area (Å²) in [6.45, 7) is 2.12. The summed E-state index contributed by atoms with van der Waals surface area (Å²) in [5.74, 6) is -0.243. The van der Waals surface area contributed by atoms with Gasteiger partial charge >= 0.3 is 0 Å². The molecule has 0 aliphatic carbocycles. The van der Waals surface area contributed by atoms with Crippen molar-refractivity contribution in [1.29, 1.82) is 0 Å². The molecule has 158 valence electrons. The summed E-state index contributed by atoms with van der Waals surface area (Å²) in [7, 11) is 0. The van der Waals surface area contributed by atoms with Crippen LogP contribution >= 0.6 is 0 Å². The summed E-state index contributed by atoms with van der Waals surface area (Å²) >= 11 is 0. The van der Waals surface area contributed by atoms with Gasteiger partial charge in [0.15, 0.2) is 5.78 Å². The molecule has 7 heteroatoms. The van der Waals surface area contributed by atoms with Gasteiger partial charge in [0.25, 0.3) is 11.8 Å². The van der Waals surface area contributed by atoms with Gasteiger partial charge in [0, 0.05) is 36.4 Å². The Kier molecular flexibility index (Phi) is 3.95. The van der Waals surface area contributed by atoms with Crippen LogP contribution in [0, 0.1) is 0 Å². The number of nitrogens with zero attached hydrogens (tertiary/aromatic N) is 2. The molecule has 4 aliphatic heterocycles. The van der Waals surface area contributed by atoms with Crippen LogP contribution in [-0.4, -0.2) is 36.0 Å². The van der Waals surface area contributed by atoms with E-state index in [0.29, 0.717) is 30.1 Å². The van der Waals surface area contributed by atoms with Gasteiger partial charge in [-0.05, 0) is 18.1 Å². The van der Waals surface area contributed by atoms with Crippen LogP contribution in [0.1, 0.15) is 29.2 Å². The number of Topliss-reactive ketones (excluding diaryl/α,β-unsaturated/α-hetero) is 1. The van der Waals surface area contributed by atoms with E-state index >= 15 is 0 Å². The van der Waals surface area contributed by atoms with Gasteiger partial charge in [-0.3, -0.25) is 24.7 Å². The zero-order valence-corrected chi connectivity index (χ0v) is 17.3. The molecule has 1 N–H and O–H groups in total. The van der Waals surface area contributed by atoms with Gasteiger partial charge in [-0.25, -0.2) is 0 Å². The summed E-state index contributed by atoms with van der Waals surface area (Å²) in [6, 6.07) is 11.1. The van der Waals surface area contributed by atoms with Crippen molar-refractivity contribution in [2.75, 3.05) is 11.5 Å². The molecule has 0 radical (unpaired) electrons. The number of fused-ring (bicyclic) bond motifs is 1. The second kappa shape index (κ2) is 6.75. The number of ether oxygens (including phenoxy) is 1. The zero-order chi connectivity index (χ0) is 22.0. The highest BCUT2D eigenvalue weighted by molar-refractivity contribution is 6.48. The maximum absolute atomic E-state index is 13.0. The Labute approximate surface area is 184 Å². The Bertz CT molecular complexity index is 1330. The molecule has 2 amide bonds. The van der Waals surface area contributed by atoms with Crippen molar-refractivity contribution < 1.29 is 19.1 Å². The van der Waals surface area contributed by atoms with E-state index in [1.54, 1.807) is 25.4 Å². The molecule has 0 saturated carbocycles. The Morgan fingerprint density at radius 1 is 1.06 bits per heavy atom. The predicted molar refractivity (Wildman–Crippen MR) is 118 cm³/mol. The van der Waals surface area contributed by atoms with Gasteiger partial charge < -0.3 is 9.64 Å². The van der Waals surface area contributed by atoms with Gasteiger partial charge in [0.05, 0.1) is 35.2 Å². The van der Waals surface area contributed by atoms with Gasteiger partial charge in [-0.15, -0.1) is 0 Å². The number of amides is 2. The van der Waals surface area contributed by atoms with Crippen molar-refractivity contribution in [2.24, 2.45) is 4.99 Å². The van der Waals surface area contributed by atoms with Crippen molar-refractivity contribution >= 4 is 34.6 Å². The molecule has 1 atom stereocenters. The van der Waals surface area contributed by atoms with Crippen LogP contribution in [-0.2, 0) is 27.2 Å². The average Bonchev–Trinajstić information content (AvgIpc) is 3.43. The minimum Gasteiger partial charge on any atom is -0.492 e. The molecule has 0 saturated heterocycles. The molecule has 6 rings (SSSR count). The number of hydrogen-bond acceptors (Lipinski definition) is 6. The Morgan fingerprint density at radius 3 is 2.62 bits per heavy atom. The van der Waals surface area contributed by atoms with Gasteiger partial charge in [0.1, 0.15) is 5.75 Å². The van der Waals surface area contributed by atoms with Crippen LogP contribution in [0.25, 0.3) is 5.57 Å². The van der Waals surface area contributed by atoms with Crippen molar-refractivity contribution in [1.82, 2.24) is 5.32 Å². The molecular formula is C25H19N3O4. The number of ketones is 1. The first kappa shape index (κ1) is 18.7. The fraction of sp³-hybridized carbons (Fsp3) is 0.200. The monoisotopic (exact) mass is 425 g/mol. The minimum atomic E-state index is -0.486. The van der Waals surface area contributed by atoms with E-state index in [1.807, 2.05) is 35.2 Å². The summed E-state index contributed by atoms with van der Waals surface area (Å²) < 4.78 is 5.82. The van der Waals surface area contributed by atoms with Crippen LogP contribution in [0.15, 0.2) is 59.4 Å². The molecule has 0 fully saturated rings. The molecule has 7 nitrogen and oxygen atoms in total. The van der Waals surface area contributed by atoms with Crippen LogP contribution in [0.4, 0.5) is 5.69 Å². The average molecular weight is 425 g/mol. The summed E-state index contributed by atoms with van der Waals surface area (Å²) in [5, 5.41) is 2.44. The number of carbonyl (C=O) groups is 3. The maximum atomic E-state index is 13.0. The molecule has 4 heterocycles. The Hall–Kier alpha value is -4.00. The molecule has 0 bridgehead atoms. The summed E-state index contributed by atoms with van der Waals surface area (Å²) in [4.78, 5) is 44.8. The van der Waals surface area contributed by atoms with Crippen LogP contribution in [0.5, 0.6) is 5.75 Å². The third-order valence-corrected chi connectivity index (χ3v) is 6.43. The lowest BCUT2D eigenvalue weighted by Crippen LogP contribution is -2.33. The van der Waals surface area contributed by atoms with Crippen LogP contribution < -0.4 is 15.0 Å². The van der Waals surface area contributed by atoms with Crippen molar-refractivity contribution in [3.05, 3.63) is 76.6 Å². The number of anilines is 1. The standard InChI is InChI=1S/C25H19N3O4/c1-13(29)18-12-15-5-3-7-17-21(26-9-10-28(18)22(15)17)20-19(24(30)27-25(20)31)16-6-2-4-14-8-11-32-23(14)16/h2-7,9-10,18H,8,11-12H2,1H3,(H,27,30,31). The number of para-hydroxylation sites is 2. The lowest BCUT2D eigenvalue weighted by Gasteiger charge is -2.22. The normalized spacial score (nSPS) is 20.6. The van der Waals surface area contributed by atoms with E-state index in [-0.39, 0.29) is 23.0 Å². The number of imide groups is 1. The SMILES string of the molecule is CC(=O)C1Cc2cccc3c2N1C=CN=C3C1=C(c2cccc3c2OCC3)C(=O)NC1=O. The number of rotatable bonds is 3. The summed E-state index contributed by atoms with van der Waals surface area (Å²) in [5.41, 5.74) is 5.12. The van der Waals surface area contributed by atoms with Gasteiger partial charge in [-0.2, -0.15) is 0 Å². The van der Waals surface area contributed by atoms with E-state index in [1.165, 1.54) is 0 Å². The quantitative estimate of drug-likeness (QED) is 0.763. The Morgan fingerprint density at radius 2 is 1.81 bits per heavy atom. The van der Waals surface area contributed by atoms with Crippen molar-refractivity contribution in [3.63, 3.8) is 0 Å². The molecule has 32 heavy (non-hydrogen) atoms. The van der Waals surface area contributed by atoms with E-state index in [2.05, 4.69) is 10.3 Å². The molecule has 0 spiro atoms. The summed E-state index contributed by atoms with van der Waals surface area (Å²) in [6.07, 6.45) is 4.71.